The van der Waals surface area contributed by atoms with Crippen molar-refractivity contribution in [3.05, 3.63) is 18.0 Å². The predicted molar refractivity (Wildman–Crippen MR) is 75.5 cm³/mol. The lowest BCUT2D eigenvalue weighted by molar-refractivity contribution is 0.411. The molecule has 1 aliphatic carbocycles. The first-order chi connectivity index (χ1) is 8.11. The summed E-state index contributed by atoms with van der Waals surface area (Å²) in [6.07, 6.45) is 7.08. The van der Waals surface area contributed by atoms with Gasteiger partial charge in [-0.1, -0.05) is 29.8 Å². The first kappa shape index (κ1) is 13.1. The maximum absolute atomic E-state index is 4.71. The zero-order valence-electron chi connectivity index (χ0n) is 11.1. The molecule has 4 atom stereocenters. The number of nitrogens with zero attached hydrogens (tertiary/aromatic N) is 2. The molecule has 0 N–H and O–H groups in total. The van der Waals surface area contributed by atoms with Crippen molar-refractivity contribution in [3.63, 3.8) is 0 Å². The molecule has 0 spiro atoms. The van der Waals surface area contributed by atoms with Gasteiger partial charge in [0.2, 0.25) is 0 Å². The summed E-state index contributed by atoms with van der Waals surface area (Å²) in [5.74, 6) is 1.59. The highest BCUT2D eigenvalue weighted by atomic mass is 79.9. The van der Waals surface area contributed by atoms with Gasteiger partial charge in [-0.3, -0.25) is 4.68 Å². The smallest absolute Gasteiger partial charge is 0.0627 e. The van der Waals surface area contributed by atoms with E-state index in [2.05, 4.69) is 53.6 Å². The monoisotopic (exact) mass is 298 g/mol. The summed E-state index contributed by atoms with van der Waals surface area (Å²) < 4.78 is 2.11. The predicted octanol–water partition coefficient (Wildman–Crippen LogP) is 4.21. The molecule has 1 aliphatic rings. The van der Waals surface area contributed by atoms with E-state index in [0.29, 0.717) is 10.9 Å². The van der Waals surface area contributed by atoms with E-state index in [4.69, 9.17) is 5.10 Å². The molecule has 0 aromatic carbocycles. The SMILES string of the molecule is CCC(C)n1ccc(CC2CCC(Br)C2C)n1. The van der Waals surface area contributed by atoms with Crippen molar-refractivity contribution in [2.24, 2.45) is 11.8 Å². The van der Waals surface area contributed by atoms with Gasteiger partial charge < -0.3 is 0 Å². The Morgan fingerprint density at radius 3 is 2.88 bits per heavy atom. The Labute approximate surface area is 113 Å². The third-order valence-electron chi connectivity index (χ3n) is 4.30. The minimum absolute atomic E-state index is 0.522. The quantitative estimate of drug-likeness (QED) is 0.762. The van der Waals surface area contributed by atoms with Crippen LogP contribution in [0.25, 0.3) is 0 Å². The normalized spacial score (nSPS) is 30.7. The number of hydrogen-bond acceptors (Lipinski definition) is 1. The van der Waals surface area contributed by atoms with Crippen molar-refractivity contribution < 1.29 is 0 Å². The van der Waals surface area contributed by atoms with Gasteiger partial charge in [0.25, 0.3) is 0 Å². The fourth-order valence-electron chi connectivity index (χ4n) is 2.67. The highest BCUT2D eigenvalue weighted by Gasteiger charge is 2.31. The van der Waals surface area contributed by atoms with E-state index in [0.717, 1.165) is 24.7 Å². The number of hydrogen-bond donors (Lipinski definition) is 0. The van der Waals surface area contributed by atoms with Crippen LogP contribution in [0.1, 0.15) is 51.8 Å². The molecule has 1 fully saturated rings. The topological polar surface area (TPSA) is 17.8 Å². The van der Waals surface area contributed by atoms with E-state index in [9.17, 15) is 0 Å². The van der Waals surface area contributed by atoms with Crippen molar-refractivity contribution in [1.29, 1.82) is 0 Å². The molecule has 4 unspecified atom stereocenters. The van der Waals surface area contributed by atoms with Gasteiger partial charge in [-0.25, -0.2) is 0 Å². The molecule has 0 saturated heterocycles. The Kier molecular flexibility index (Phi) is 4.29. The van der Waals surface area contributed by atoms with Crippen molar-refractivity contribution in [2.75, 3.05) is 0 Å². The summed E-state index contributed by atoms with van der Waals surface area (Å²) in [6, 6.07) is 2.72. The highest BCUT2D eigenvalue weighted by Crippen LogP contribution is 2.38. The standard InChI is InChI=1S/C14H23BrN2/c1-4-10(2)17-8-7-13(16-17)9-12-5-6-14(15)11(12)3/h7-8,10-12,14H,4-6,9H2,1-3H3. The van der Waals surface area contributed by atoms with Crippen LogP contribution in [0, 0.1) is 11.8 Å². The van der Waals surface area contributed by atoms with Crippen molar-refractivity contribution in [1.82, 2.24) is 9.78 Å². The maximum atomic E-state index is 4.71. The Morgan fingerprint density at radius 2 is 2.29 bits per heavy atom. The Balaban J connectivity index is 1.97. The van der Waals surface area contributed by atoms with E-state index < -0.39 is 0 Å². The summed E-state index contributed by atoms with van der Waals surface area (Å²) in [7, 11) is 0. The van der Waals surface area contributed by atoms with Crippen LogP contribution in [0.5, 0.6) is 0 Å². The summed E-state index contributed by atoms with van der Waals surface area (Å²) in [5, 5.41) is 4.71. The van der Waals surface area contributed by atoms with E-state index >= 15 is 0 Å². The third-order valence-corrected chi connectivity index (χ3v) is 5.60. The van der Waals surface area contributed by atoms with E-state index in [1.807, 2.05) is 0 Å². The lowest BCUT2D eigenvalue weighted by Gasteiger charge is -2.16. The van der Waals surface area contributed by atoms with Crippen LogP contribution in [-0.2, 0) is 6.42 Å². The highest BCUT2D eigenvalue weighted by molar-refractivity contribution is 9.09. The van der Waals surface area contributed by atoms with E-state index in [1.54, 1.807) is 0 Å². The molecule has 1 heterocycles. The molecule has 2 rings (SSSR count). The summed E-state index contributed by atoms with van der Waals surface area (Å²) >= 11 is 3.77. The van der Waals surface area contributed by atoms with Gasteiger partial charge in [0.05, 0.1) is 5.69 Å². The molecular weight excluding hydrogens is 276 g/mol. The van der Waals surface area contributed by atoms with Gasteiger partial charge in [0.15, 0.2) is 0 Å². The van der Waals surface area contributed by atoms with Crippen molar-refractivity contribution in [3.8, 4) is 0 Å². The second-order valence-electron chi connectivity index (χ2n) is 5.46. The number of halogens is 1. The summed E-state index contributed by atoms with van der Waals surface area (Å²) in [4.78, 5) is 0.712. The molecular formula is C14H23BrN2. The van der Waals surface area contributed by atoms with Crippen LogP contribution < -0.4 is 0 Å². The third kappa shape index (κ3) is 2.93. The lowest BCUT2D eigenvalue weighted by Crippen LogP contribution is -2.13. The van der Waals surface area contributed by atoms with Crippen LogP contribution in [-0.4, -0.2) is 14.6 Å². The van der Waals surface area contributed by atoms with Gasteiger partial charge in [-0.15, -0.1) is 0 Å². The molecule has 0 aliphatic heterocycles. The van der Waals surface area contributed by atoms with E-state index in [1.165, 1.54) is 18.5 Å². The first-order valence-electron chi connectivity index (χ1n) is 6.80. The molecule has 0 amide bonds. The fraction of sp³-hybridized carbons (Fsp3) is 0.786. The number of alkyl halides is 1. The summed E-state index contributed by atoms with van der Waals surface area (Å²) in [5.41, 5.74) is 1.27. The van der Waals surface area contributed by atoms with Gasteiger partial charge in [-0.2, -0.15) is 5.10 Å². The molecule has 0 radical (unpaired) electrons. The molecule has 17 heavy (non-hydrogen) atoms. The second kappa shape index (κ2) is 5.55. The van der Waals surface area contributed by atoms with Crippen LogP contribution in [0.4, 0.5) is 0 Å². The maximum Gasteiger partial charge on any atom is 0.0627 e. The first-order valence-corrected chi connectivity index (χ1v) is 7.71. The van der Waals surface area contributed by atoms with Crippen LogP contribution in [0.3, 0.4) is 0 Å². The molecule has 1 aromatic heterocycles. The minimum Gasteiger partial charge on any atom is -0.270 e. The van der Waals surface area contributed by atoms with Crippen molar-refractivity contribution >= 4 is 15.9 Å². The van der Waals surface area contributed by atoms with Crippen LogP contribution >= 0.6 is 15.9 Å². The minimum atomic E-state index is 0.522. The Hall–Kier alpha value is -0.310. The molecule has 0 bridgehead atoms. The average molecular weight is 299 g/mol. The second-order valence-corrected chi connectivity index (χ2v) is 6.64. The van der Waals surface area contributed by atoms with Crippen LogP contribution in [0.2, 0.25) is 0 Å². The van der Waals surface area contributed by atoms with E-state index in [-0.39, 0.29) is 0 Å². The average Bonchev–Trinajstić information content (AvgIpc) is 2.91. The summed E-state index contributed by atoms with van der Waals surface area (Å²) in [6.45, 7) is 6.80. The number of aromatic nitrogens is 2. The molecule has 1 saturated carbocycles. The zero-order chi connectivity index (χ0) is 12.4. The van der Waals surface area contributed by atoms with Gasteiger partial charge in [0.1, 0.15) is 0 Å². The van der Waals surface area contributed by atoms with Gasteiger partial charge in [0, 0.05) is 17.1 Å². The molecule has 96 valence electrons. The fourth-order valence-corrected chi connectivity index (χ4v) is 3.37. The Morgan fingerprint density at radius 1 is 1.53 bits per heavy atom. The lowest BCUT2D eigenvalue weighted by atomic mass is 9.93. The molecule has 2 nitrogen and oxygen atoms in total. The van der Waals surface area contributed by atoms with Crippen LogP contribution in [0.15, 0.2) is 12.3 Å². The van der Waals surface area contributed by atoms with Gasteiger partial charge >= 0.3 is 0 Å². The largest absolute Gasteiger partial charge is 0.270 e. The van der Waals surface area contributed by atoms with Gasteiger partial charge in [-0.05, 0) is 50.5 Å². The van der Waals surface area contributed by atoms with Crippen molar-refractivity contribution in [2.45, 2.75) is 57.3 Å². The number of rotatable bonds is 4. The zero-order valence-corrected chi connectivity index (χ0v) is 12.7. The molecule has 1 aromatic rings. The Bertz CT molecular complexity index is 361. The molecule has 3 heteroatoms.